The molecule has 2 N–H and O–H groups in total. The predicted molar refractivity (Wildman–Crippen MR) is 111 cm³/mol. The minimum atomic E-state index is -3.55. The molecule has 7 heteroatoms. The number of rotatable bonds is 7. The maximum atomic E-state index is 12.4. The topological polar surface area (TPSA) is 78.5 Å². The Balaban J connectivity index is 1.53. The van der Waals surface area contributed by atoms with Crippen LogP contribution in [0.1, 0.15) is 30.6 Å². The van der Waals surface area contributed by atoms with Gasteiger partial charge in [0.15, 0.2) is 0 Å². The van der Waals surface area contributed by atoms with Crippen LogP contribution in [0.25, 0.3) is 0 Å². The molecule has 1 aliphatic rings. The highest BCUT2D eigenvalue weighted by Gasteiger charge is 2.23. The summed E-state index contributed by atoms with van der Waals surface area (Å²) in [6, 6.07) is 16.1. The lowest BCUT2D eigenvalue weighted by molar-refractivity contribution is 0.0948. The van der Waals surface area contributed by atoms with E-state index in [0.29, 0.717) is 18.0 Å². The van der Waals surface area contributed by atoms with Crippen molar-refractivity contribution in [2.75, 3.05) is 24.5 Å². The number of para-hydroxylation sites is 1. The van der Waals surface area contributed by atoms with Gasteiger partial charge in [0.25, 0.3) is 5.91 Å². The summed E-state index contributed by atoms with van der Waals surface area (Å²) in [4.78, 5) is 14.9. The van der Waals surface area contributed by atoms with E-state index < -0.39 is 10.0 Å². The fraction of sp³-hybridized carbons (Fsp3) is 0.381. The van der Waals surface area contributed by atoms with Gasteiger partial charge in [-0.15, -0.1) is 0 Å². The van der Waals surface area contributed by atoms with Crippen molar-refractivity contribution in [1.82, 2.24) is 10.0 Å². The number of hydrogen-bond acceptors (Lipinski definition) is 4. The Morgan fingerprint density at radius 3 is 2.43 bits per heavy atom. The summed E-state index contributed by atoms with van der Waals surface area (Å²) < 4.78 is 26.8. The van der Waals surface area contributed by atoms with Crippen molar-refractivity contribution in [3.8, 4) is 0 Å². The van der Waals surface area contributed by atoms with Crippen LogP contribution in [0, 0.1) is 5.92 Å². The smallest absolute Gasteiger partial charge is 0.251 e. The van der Waals surface area contributed by atoms with Gasteiger partial charge in [0.1, 0.15) is 0 Å². The van der Waals surface area contributed by atoms with E-state index in [1.807, 2.05) is 18.2 Å². The molecule has 2 aromatic carbocycles. The van der Waals surface area contributed by atoms with E-state index in [9.17, 15) is 13.2 Å². The van der Waals surface area contributed by atoms with Crippen LogP contribution in [0.3, 0.4) is 0 Å². The van der Waals surface area contributed by atoms with Crippen molar-refractivity contribution < 1.29 is 13.2 Å². The monoisotopic (exact) mass is 401 g/mol. The van der Waals surface area contributed by atoms with Gasteiger partial charge in [0.2, 0.25) is 10.0 Å². The fourth-order valence-corrected chi connectivity index (χ4v) is 4.63. The molecule has 1 atom stereocenters. The normalized spacial score (nSPS) is 17.1. The zero-order valence-electron chi connectivity index (χ0n) is 16.3. The van der Waals surface area contributed by atoms with Gasteiger partial charge in [-0.25, -0.2) is 13.1 Å². The van der Waals surface area contributed by atoms with Crippen molar-refractivity contribution in [3.63, 3.8) is 0 Å². The summed E-state index contributed by atoms with van der Waals surface area (Å²) in [6.07, 6.45) is 1.03. The third kappa shape index (κ3) is 5.11. The molecule has 150 valence electrons. The van der Waals surface area contributed by atoms with Crippen LogP contribution < -0.4 is 14.9 Å². The number of anilines is 1. The number of carbonyl (C=O) groups is 1. The van der Waals surface area contributed by atoms with Crippen LogP contribution in [0.2, 0.25) is 0 Å². The van der Waals surface area contributed by atoms with Gasteiger partial charge in [0.05, 0.1) is 4.90 Å². The highest BCUT2D eigenvalue weighted by molar-refractivity contribution is 7.89. The van der Waals surface area contributed by atoms with Crippen LogP contribution >= 0.6 is 0 Å². The molecule has 0 aliphatic carbocycles. The van der Waals surface area contributed by atoms with Crippen molar-refractivity contribution in [2.45, 2.75) is 31.2 Å². The van der Waals surface area contributed by atoms with Crippen molar-refractivity contribution >= 4 is 21.6 Å². The molecule has 2 aromatic rings. The average Bonchev–Trinajstić information content (AvgIpc) is 3.15. The minimum absolute atomic E-state index is 0.159. The number of benzene rings is 2. The lowest BCUT2D eigenvalue weighted by Gasteiger charge is -2.18. The van der Waals surface area contributed by atoms with E-state index >= 15 is 0 Å². The summed E-state index contributed by atoms with van der Waals surface area (Å²) in [5.74, 6) is 0.220. The van der Waals surface area contributed by atoms with Crippen LogP contribution in [-0.2, 0) is 10.0 Å². The first-order valence-corrected chi connectivity index (χ1v) is 11.0. The first-order valence-electron chi connectivity index (χ1n) is 9.56. The molecule has 0 saturated carbocycles. The van der Waals surface area contributed by atoms with Gasteiger partial charge >= 0.3 is 0 Å². The standard InChI is InChI=1S/C21H27N3O3S/c1-16(2)23-28(26,27)20-10-8-18(9-11-20)21(25)22-14-17-12-13-24(15-17)19-6-4-3-5-7-19/h3-11,16-17,23H,12-15H2,1-2H3,(H,22,25). The van der Waals surface area contributed by atoms with Crippen molar-refractivity contribution in [3.05, 3.63) is 60.2 Å². The summed E-state index contributed by atoms with van der Waals surface area (Å²) in [7, 11) is -3.55. The second kappa shape index (κ2) is 8.75. The second-order valence-electron chi connectivity index (χ2n) is 7.45. The highest BCUT2D eigenvalue weighted by atomic mass is 32.2. The molecule has 3 rings (SSSR count). The zero-order valence-corrected chi connectivity index (χ0v) is 17.1. The third-order valence-electron chi connectivity index (χ3n) is 4.78. The Morgan fingerprint density at radius 2 is 1.79 bits per heavy atom. The first-order chi connectivity index (χ1) is 13.3. The Morgan fingerprint density at radius 1 is 1.11 bits per heavy atom. The molecular weight excluding hydrogens is 374 g/mol. The molecule has 1 unspecified atom stereocenters. The Bertz CT molecular complexity index is 896. The number of hydrogen-bond donors (Lipinski definition) is 2. The number of amides is 1. The van der Waals surface area contributed by atoms with E-state index in [2.05, 4.69) is 27.1 Å². The SMILES string of the molecule is CC(C)NS(=O)(=O)c1ccc(C(=O)NCC2CCN(c3ccccc3)C2)cc1. The van der Waals surface area contributed by atoms with E-state index in [1.54, 1.807) is 26.0 Å². The van der Waals surface area contributed by atoms with Crippen LogP contribution in [0.5, 0.6) is 0 Å². The lowest BCUT2D eigenvalue weighted by Crippen LogP contribution is -2.31. The molecule has 6 nitrogen and oxygen atoms in total. The molecule has 0 spiro atoms. The van der Waals surface area contributed by atoms with Gasteiger partial charge in [-0.1, -0.05) is 18.2 Å². The summed E-state index contributed by atoms with van der Waals surface area (Å²) in [5, 5.41) is 2.97. The zero-order chi connectivity index (χ0) is 20.1. The fourth-order valence-electron chi connectivity index (χ4n) is 3.38. The van der Waals surface area contributed by atoms with Gasteiger partial charge in [-0.3, -0.25) is 4.79 Å². The van der Waals surface area contributed by atoms with Gasteiger partial charge in [-0.2, -0.15) is 0 Å². The summed E-state index contributed by atoms with van der Waals surface area (Å²) in [5.41, 5.74) is 1.67. The van der Waals surface area contributed by atoms with Crippen LogP contribution in [-0.4, -0.2) is 40.0 Å². The number of carbonyl (C=O) groups excluding carboxylic acids is 1. The average molecular weight is 402 g/mol. The number of sulfonamides is 1. The largest absolute Gasteiger partial charge is 0.371 e. The molecule has 0 aromatic heterocycles. The van der Waals surface area contributed by atoms with Gasteiger partial charge in [-0.05, 0) is 62.6 Å². The van der Waals surface area contributed by atoms with E-state index in [0.717, 1.165) is 19.5 Å². The lowest BCUT2D eigenvalue weighted by atomic mass is 10.1. The summed E-state index contributed by atoms with van der Waals surface area (Å²) >= 11 is 0. The van der Waals surface area contributed by atoms with Crippen molar-refractivity contribution in [1.29, 1.82) is 0 Å². The Hall–Kier alpha value is -2.38. The molecule has 0 radical (unpaired) electrons. The Labute approximate surface area is 167 Å². The molecule has 1 amide bonds. The molecule has 0 bridgehead atoms. The molecule has 1 fully saturated rings. The van der Waals surface area contributed by atoms with E-state index in [1.165, 1.54) is 17.8 Å². The first kappa shape index (κ1) is 20.4. The molecule has 1 aliphatic heterocycles. The van der Waals surface area contributed by atoms with Crippen molar-refractivity contribution in [2.24, 2.45) is 5.92 Å². The predicted octanol–water partition coefficient (Wildman–Crippen LogP) is 2.63. The molecule has 1 saturated heterocycles. The maximum Gasteiger partial charge on any atom is 0.251 e. The van der Waals surface area contributed by atoms with E-state index in [4.69, 9.17) is 0 Å². The van der Waals surface area contributed by atoms with Crippen LogP contribution in [0.15, 0.2) is 59.5 Å². The van der Waals surface area contributed by atoms with Crippen LogP contribution in [0.4, 0.5) is 5.69 Å². The second-order valence-corrected chi connectivity index (χ2v) is 9.16. The van der Waals surface area contributed by atoms with E-state index in [-0.39, 0.29) is 16.8 Å². The summed E-state index contributed by atoms with van der Waals surface area (Å²) in [6.45, 7) is 6.04. The molecule has 28 heavy (non-hydrogen) atoms. The Kier molecular flexibility index (Phi) is 6.36. The minimum Gasteiger partial charge on any atom is -0.371 e. The number of nitrogens with zero attached hydrogens (tertiary/aromatic N) is 1. The van der Waals surface area contributed by atoms with Gasteiger partial charge < -0.3 is 10.2 Å². The quantitative estimate of drug-likeness (QED) is 0.748. The number of nitrogens with one attached hydrogen (secondary N) is 2. The third-order valence-corrected chi connectivity index (χ3v) is 6.45. The van der Waals surface area contributed by atoms with Gasteiger partial charge in [0, 0.05) is 36.9 Å². The maximum absolute atomic E-state index is 12.4. The molecular formula is C21H27N3O3S. The molecule has 1 heterocycles. The highest BCUT2D eigenvalue weighted by Crippen LogP contribution is 2.23.